The molecule has 222 valence electrons. The largest absolute Gasteiger partial charge is 0.450 e. The molecule has 1 saturated heterocycles. The average Bonchev–Trinajstić information content (AvgIpc) is 3.29. The number of hydrogen-bond donors (Lipinski definition) is 0. The number of anilines is 1. The smallest absolute Gasteiger partial charge is 0.339 e. The number of allylic oxidation sites excluding steroid dienone is 2. The highest BCUT2D eigenvalue weighted by molar-refractivity contribution is 9.10. The number of halogens is 1. The fraction of sp³-hybridized carbons (Fsp3) is 0.250. The Balaban J connectivity index is 1.35. The lowest BCUT2D eigenvalue weighted by Gasteiger charge is -2.18. The van der Waals surface area contributed by atoms with Gasteiger partial charge in [-0.2, -0.15) is 0 Å². The zero-order valence-electron chi connectivity index (χ0n) is 24.5. The van der Waals surface area contributed by atoms with E-state index in [1.807, 2.05) is 44.2 Å². The fourth-order valence-electron chi connectivity index (χ4n) is 6.10. The highest BCUT2D eigenvalue weighted by Gasteiger charge is 2.47. The summed E-state index contributed by atoms with van der Waals surface area (Å²) in [7, 11) is 0. The summed E-state index contributed by atoms with van der Waals surface area (Å²) in [5.74, 6) is -1.81. The molecule has 3 atom stereocenters. The van der Waals surface area contributed by atoms with Crippen molar-refractivity contribution in [2.45, 2.75) is 45.6 Å². The van der Waals surface area contributed by atoms with Gasteiger partial charge in [-0.15, -0.1) is 0 Å². The van der Waals surface area contributed by atoms with Crippen molar-refractivity contribution in [2.75, 3.05) is 4.90 Å². The minimum absolute atomic E-state index is 0.168. The first-order valence-corrected chi connectivity index (χ1v) is 15.6. The summed E-state index contributed by atoms with van der Waals surface area (Å²) < 4.78 is 6.70. The number of aryl methyl sites for hydroxylation is 1. The normalized spacial score (nSPS) is 18.4. The number of nitrogens with zero attached hydrogens (tertiary/aromatic N) is 2. The van der Waals surface area contributed by atoms with Gasteiger partial charge in [0.1, 0.15) is 0 Å². The van der Waals surface area contributed by atoms with E-state index in [1.165, 1.54) is 4.90 Å². The minimum Gasteiger partial charge on any atom is -0.450 e. The zero-order valence-corrected chi connectivity index (χ0v) is 26.0. The van der Waals surface area contributed by atoms with E-state index in [0.717, 1.165) is 10.0 Å². The van der Waals surface area contributed by atoms with Gasteiger partial charge in [0.2, 0.25) is 17.6 Å². The maximum absolute atomic E-state index is 13.8. The molecule has 0 bridgehead atoms. The quantitative estimate of drug-likeness (QED) is 0.0842. The van der Waals surface area contributed by atoms with Gasteiger partial charge in [-0.05, 0) is 62.1 Å². The predicted octanol–water partition coefficient (Wildman–Crippen LogP) is 7.64. The summed E-state index contributed by atoms with van der Waals surface area (Å²) >= 11 is 3.53. The number of ketones is 1. The molecule has 0 saturated carbocycles. The van der Waals surface area contributed by atoms with Gasteiger partial charge in [0, 0.05) is 21.0 Å². The topological polar surface area (TPSA) is 93.6 Å². The first-order chi connectivity index (χ1) is 21.3. The van der Waals surface area contributed by atoms with Gasteiger partial charge in [0.25, 0.3) is 0 Å². The number of ether oxygens (including phenoxy) is 1. The van der Waals surface area contributed by atoms with Crippen molar-refractivity contribution in [2.24, 2.45) is 11.8 Å². The van der Waals surface area contributed by atoms with E-state index in [0.29, 0.717) is 64.7 Å². The Morgan fingerprint density at radius 3 is 2.25 bits per heavy atom. The summed E-state index contributed by atoms with van der Waals surface area (Å²) in [5.41, 5.74) is 4.02. The van der Waals surface area contributed by atoms with Gasteiger partial charge in [0.05, 0.1) is 34.3 Å². The molecule has 7 nitrogen and oxygen atoms in total. The van der Waals surface area contributed by atoms with Crippen LogP contribution in [0.25, 0.3) is 22.2 Å². The van der Waals surface area contributed by atoms with Crippen molar-refractivity contribution in [3.63, 3.8) is 0 Å². The van der Waals surface area contributed by atoms with Crippen LogP contribution in [0, 0.1) is 18.8 Å². The zero-order chi connectivity index (χ0) is 31.0. The molecule has 0 spiro atoms. The number of esters is 1. The summed E-state index contributed by atoms with van der Waals surface area (Å²) in [4.78, 5) is 59.4. The monoisotopic (exact) mass is 650 g/mol. The van der Waals surface area contributed by atoms with Crippen molar-refractivity contribution in [1.29, 1.82) is 0 Å². The molecule has 1 aromatic heterocycles. The number of amides is 2. The number of aromatic nitrogens is 1. The molecule has 3 unspecified atom stereocenters. The number of carbonyl (C=O) groups excluding carboxylic acids is 4. The van der Waals surface area contributed by atoms with Crippen LogP contribution in [-0.4, -0.2) is 34.7 Å². The maximum Gasteiger partial charge on any atom is 0.339 e. The Kier molecular flexibility index (Phi) is 8.27. The highest BCUT2D eigenvalue weighted by atomic mass is 79.9. The summed E-state index contributed by atoms with van der Waals surface area (Å²) in [6.07, 6.45) is 5.22. The van der Waals surface area contributed by atoms with Crippen molar-refractivity contribution in [1.82, 2.24) is 4.98 Å². The van der Waals surface area contributed by atoms with Gasteiger partial charge in [-0.1, -0.05) is 83.9 Å². The second-order valence-corrected chi connectivity index (χ2v) is 12.2. The highest BCUT2D eigenvalue weighted by Crippen LogP contribution is 2.38. The third-order valence-electron chi connectivity index (χ3n) is 8.37. The molecule has 0 radical (unpaired) electrons. The van der Waals surface area contributed by atoms with Crippen LogP contribution in [0.2, 0.25) is 0 Å². The lowest BCUT2D eigenvalue weighted by molar-refractivity contribution is -0.122. The standard InChI is InChI=1S/C36H31BrN2O5/c1-3-9-31(33(40)23-10-5-4-6-11-23)44-36(43)29-20-30(38-32-21(2)18-24(37)19-28(29)32)22-14-16-25(17-15-22)39-34(41)26-12-7-8-13-27(26)35(39)42/h4-8,10-11,14-20,26-27,31H,3,9,12-13H2,1-2H3. The van der Waals surface area contributed by atoms with Crippen LogP contribution in [0.1, 0.15) is 58.9 Å². The maximum atomic E-state index is 13.8. The van der Waals surface area contributed by atoms with E-state index < -0.39 is 12.1 Å². The molecule has 3 aromatic carbocycles. The van der Waals surface area contributed by atoms with Crippen LogP contribution < -0.4 is 4.90 Å². The molecule has 1 fully saturated rings. The minimum atomic E-state index is -0.927. The second-order valence-electron chi connectivity index (χ2n) is 11.3. The average molecular weight is 652 g/mol. The number of carbonyl (C=O) groups is 4. The molecule has 2 heterocycles. The molecular formula is C36H31BrN2O5. The first kappa shape index (κ1) is 29.6. The molecule has 4 aromatic rings. The molecule has 0 N–H and O–H groups in total. The van der Waals surface area contributed by atoms with Gasteiger partial charge < -0.3 is 4.74 Å². The van der Waals surface area contributed by atoms with Gasteiger partial charge in [0.15, 0.2) is 6.10 Å². The molecule has 2 amide bonds. The number of hydrogen-bond acceptors (Lipinski definition) is 6. The molecular weight excluding hydrogens is 620 g/mol. The van der Waals surface area contributed by atoms with E-state index in [-0.39, 0.29) is 29.4 Å². The van der Waals surface area contributed by atoms with Crippen LogP contribution >= 0.6 is 15.9 Å². The van der Waals surface area contributed by atoms with Crippen molar-refractivity contribution >= 4 is 56.1 Å². The second kappa shape index (κ2) is 12.3. The molecule has 8 heteroatoms. The number of pyridine rings is 1. The molecule has 2 aliphatic rings. The van der Waals surface area contributed by atoms with Crippen molar-refractivity contribution in [3.8, 4) is 11.3 Å². The Hall–Kier alpha value is -4.43. The predicted molar refractivity (Wildman–Crippen MR) is 172 cm³/mol. The van der Waals surface area contributed by atoms with Crippen LogP contribution in [0.4, 0.5) is 5.69 Å². The van der Waals surface area contributed by atoms with Gasteiger partial charge in [-0.25, -0.2) is 9.78 Å². The van der Waals surface area contributed by atoms with E-state index in [1.54, 1.807) is 54.6 Å². The third-order valence-corrected chi connectivity index (χ3v) is 8.83. The van der Waals surface area contributed by atoms with Gasteiger partial charge in [-0.3, -0.25) is 19.3 Å². The number of fused-ring (bicyclic) bond motifs is 2. The van der Waals surface area contributed by atoms with E-state index in [4.69, 9.17) is 9.72 Å². The van der Waals surface area contributed by atoms with E-state index in [9.17, 15) is 19.2 Å². The Morgan fingerprint density at radius 1 is 0.955 bits per heavy atom. The molecule has 44 heavy (non-hydrogen) atoms. The molecule has 6 rings (SSSR count). The van der Waals surface area contributed by atoms with Crippen LogP contribution in [0.5, 0.6) is 0 Å². The lowest BCUT2D eigenvalue weighted by Crippen LogP contribution is -2.30. The van der Waals surface area contributed by atoms with E-state index >= 15 is 0 Å². The summed E-state index contributed by atoms with van der Waals surface area (Å²) in [6.45, 7) is 3.86. The fourth-order valence-corrected chi connectivity index (χ4v) is 6.67. The van der Waals surface area contributed by atoms with E-state index in [2.05, 4.69) is 15.9 Å². The Labute approximate surface area is 264 Å². The molecule has 1 aliphatic heterocycles. The number of rotatable bonds is 8. The van der Waals surface area contributed by atoms with Crippen molar-refractivity contribution < 1.29 is 23.9 Å². The Morgan fingerprint density at radius 2 is 1.61 bits per heavy atom. The number of Topliss-reactive ketones (excluding diaryl/α,β-unsaturated/α-hetero) is 1. The van der Waals surface area contributed by atoms with Crippen LogP contribution in [0.15, 0.2) is 89.4 Å². The molecule has 1 aliphatic carbocycles. The first-order valence-electron chi connectivity index (χ1n) is 14.8. The summed E-state index contributed by atoms with van der Waals surface area (Å²) in [5, 5.41) is 0.606. The van der Waals surface area contributed by atoms with Crippen LogP contribution in [-0.2, 0) is 14.3 Å². The number of benzene rings is 3. The lowest BCUT2D eigenvalue weighted by atomic mass is 9.85. The number of imide groups is 1. The van der Waals surface area contributed by atoms with Crippen LogP contribution in [0.3, 0.4) is 0 Å². The Bertz CT molecular complexity index is 1790. The summed E-state index contributed by atoms with van der Waals surface area (Å²) in [6, 6.07) is 21.3. The third kappa shape index (κ3) is 5.50. The SMILES string of the molecule is CCCC(OC(=O)c1cc(-c2ccc(N3C(=O)C4CC=CCC4C3=O)cc2)nc2c(C)cc(Br)cc12)C(=O)c1ccccc1. The van der Waals surface area contributed by atoms with Gasteiger partial charge >= 0.3 is 5.97 Å². The van der Waals surface area contributed by atoms with Crippen molar-refractivity contribution in [3.05, 3.63) is 106 Å².